The SMILES string of the molecule is CN1C(=O)C[C@H](C(=O)NCCc2ccccc2)SC1=Nc1cccc(F)c1. The number of carbonyl (C=O) groups is 2. The molecule has 0 saturated carbocycles. The van der Waals surface area contributed by atoms with Crippen LogP contribution < -0.4 is 5.32 Å². The Balaban J connectivity index is 1.63. The van der Waals surface area contributed by atoms with Gasteiger partial charge in [-0.05, 0) is 30.2 Å². The van der Waals surface area contributed by atoms with Crippen molar-refractivity contribution in [1.29, 1.82) is 0 Å². The van der Waals surface area contributed by atoms with Crippen molar-refractivity contribution < 1.29 is 14.0 Å². The molecule has 1 saturated heterocycles. The molecular formula is C20H20FN3O2S. The second-order valence-corrected chi connectivity index (χ2v) is 7.33. The minimum absolute atomic E-state index is 0.112. The molecule has 140 valence electrons. The molecule has 1 atom stereocenters. The van der Waals surface area contributed by atoms with Gasteiger partial charge in [0.2, 0.25) is 11.8 Å². The molecule has 0 spiro atoms. The number of benzene rings is 2. The lowest BCUT2D eigenvalue weighted by atomic mass is 10.1. The third-order valence-electron chi connectivity index (χ3n) is 4.15. The molecule has 0 radical (unpaired) electrons. The molecular weight excluding hydrogens is 365 g/mol. The van der Waals surface area contributed by atoms with E-state index in [2.05, 4.69) is 10.3 Å². The summed E-state index contributed by atoms with van der Waals surface area (Å²) in [5.41, 5.74) is 1.54. The number of amides is 2. The van der Waals surface area contributed by atoms with Gasteiger partial charge in [0, 0.05) is 20.0 Å². The maximum absolute atomic E-state index is 13.4. The van der Waals surface area contributed by atoms with Crippen LogP contribution in [-0.4, -0.2) is 40.7 Å². The smallest absolute Gasteiger partial charge is 0.234 e. The van der Waals surface area contributed by atoms with Gasteiger partial charge < -0.3 is 5.32 Å². The molecule has 0 bridgehead atoms. The number of carbonyl (C=O) groups excluding carboxylic acids is 2. The quantitative estimate of drug-likeness (QED) is 0.860. The number of thioether (sulfide) groups is 1. The van der Waals surface area contributed by atoms with E-state index in [9.17, 15) is 14.0 Å². The fourth-order valence-electron chi connectivity index (χ4n) is 2.64. The van der Waals surface area contributed by atoms with Crippen molar-refractivity contribution in [2.45, 2.75) is 18.1 Å². The van der Waals surface area contributed by atoms with Crippen molar-refractivity contribution >= 4 is 34.4 Å². The maximum atomic E-state index is 13.4. The van der Waals surface area contributed by atoms with Crippen LogP contribution in [0.2, 0.25) is 0 Å². The Hall–Kier alpha value is -2.67. The van der Waals surface area contributed by atoms with Gasteiger partial charge in [-0.15, -0.1) is 0 Å². The third kappa shape index (κ3) is 5.17. The summed E-state index contributed by atoms with van der Waals surface area (Å²) in [5, 5.41) is 2.73. The van der Waals surface area contributed by atoms with E-state index in [0.29, 0.717) is 17.4 Å². The second kappa shape index (κ2) is 8.81. The van der Waals surface area contributed by atoms with E-state index >= 15 is 0 Å². The van der Waals surface area contributed by atoms with Crippen molar-refractivity contribution in [3.63, 3.8) is 0 Å². The largest absolute Gasteiger partial charge is 0.355 e. The van der Waals surface area contributed by atoms with E-state index in [1.54, 1.807) is 19.2 Å². The zero-order valence-corrected chi connectivity index (χ0v) is 15.7. The summed E-state index contributed by atoms with van der Waals surface area (Å²) in [5.74, 6) is -0.779. The van der Waals surface area contributed by atoms with Gasteiger partial charge in [0.05, 0.1) is 10.9 Å². The molecule has 7 heteroatoms. The zero-order chi connectivity index (χ0) is 19.2. The molecule has 0 unspecified atom stereocenters. The van der Waals surface area contributed by atoms with Crippen molar-refractivity contribution in [2.24, 2.45) is 4.99 Å². The second-order valence-electron chi connectivity index (χ2n) is 6.16. The highest BCUT2D eigenvalue weighted by Gasteiger charge is 2.33. The van der Waals surface area contributed by atoms with Gasteiger partial charge in [0.1, 0.15) is 5.82 Å². The van der Waals surface area contributed by atoms with Crippen LogP contribution in [0, 0.1) is 5.82 Å². The predicted octanol–water partition coefficient (Wildman–Crippen LogP) is 3.14. The predicted molar refractivity (Wildman–Crippen MR) is 105 cm³/mol. The molecule has 2 aromatic carbocycles. The van der Waals surface area contributed by atoms with Crippen LogP contribution in [0.3, 0.4) is 0 Å². The lowest BCUT2D eigenvalue weighted by molar-refractivity contribution is -0.129. The van der Waals surface area contributed by atoms with Gasteiger partial charge in [-0.2, -0.15) is 0 Å². The molecule has 1 heterocycles. The zero-order valence-electron chi connectivity index (χ0n) is 14.9. The standard InChI is InChI=1S/C20H20FN3O2S/c1-24-18(25)13-17(19(26)22-11-10-14-6-3-2-4-7-14)27-20(24)23-16-9-5-8-15(21)12-16/h2-9,12,17H,10-11,13H2,1H3,(H,22,26)/t17-/m1/s1. The number of hydrogen-bond acceptors (Lipinski definition) is 4. The van der Waals surface area contributed by atoms with Gasteiger partial charge in [0.15, 0.2) is 5.17 Å². The normalized spacial score (nSPS) is 18.6. The average molecular weight is 385 g/mol. The van der Waals surface area contributed by atoms with Gasteiger partial charge in [0.25, 0.3) is 0 Å². The number of rotatable bonds is 5. The Kier molecular flexibility index (Phi) is 6.24. The molecule has 5 nitrogen and oxygen atoms in total. The van der Waals surface area contributed by atoms with Crippen molar-refractivity contribution in [3.05, 3.63) is 66.0 Å². The van der Waals surface area contributed by atoms with Crippen LogP contribution in [0.25, 0.3) is 0 Å². The highest BCUT2D eigenvalue weighted by Crippen LogP contribution is 2.28. The van der Waals surface area contributed by atoms with Crippen LogP contribution in [0.5, 0.6) is 0 Å². The van der Waals surface area contributed by atoms with Crippen LogP contribution in [-0.2, 0) is 16.0 Å². The first-order chi connectivity index (χ1) is 13.0. The first-order valence-electron chi connectivity index (χ1n) is 8.62. The number of nitrogens with one attached hydrogen (secondary N) is 1. The Morgan fingerprint density at radius 2 is 2.04 bits per heavy atom. The number of nitrogens with zero attached hydrogens (tertiary/aromatic N) is 2. The number of aliphatic imine (C=N–C) groups is 1. The van der Waals surface area contributed by atoms with Gasteiger partial charge in [-0.25, -0.2) is 9.38 Å². The van der Waals surface area contributed by atoms with Crippen molar-refractivity contribution in [3.8, 4) is 0 Å². The maximum Gasteiger partial charge on any atom is 0.234 e. The molecule has 1 aliphatic heterocycles. The fourth-order valence-corrected chi connectivity index (χ4v) is 3.73. The van der Waals surface area contributed by atoms with E-state index < -0.39 is 11.1 Å². The number of halogens is 1. The van der Waals surface area contributed by atoms with Crippen molar-refractivity contribution in [1.82, 2.24) is 10.2 Å². The minimum Gasteiger partial charge on any atom is -0.355 e. The molecule has 2 amide bonds. The summed E-state index contributed by atoms with van der Waals surface area (Å²) in [7, 11) is 1.61. The molecule has 2 aromatic rings. The molecule has 0 aromatic heterocycles. The molecule has 1 aliphatic rings. The Morgan fingerprint density at radius 1 is 1.26 bits per heavy atom. The Morgan fingerprint density at radius 3 is 2.78 bits per heavy atom. The topological polar surface area (TPSA) is 61.8 Å². The van der Waals surface area contributed by atoms with Gasteiger partial charge >= 0.3 is 0 Å². The van der Waals surface area contributed by atoms with Crippen LogP contribution in [0.4, 0.5) is 10.1 Å². The molecule has 3 rings (SSSR count). The van der Waals surface area contributed by atoms with Crippen LogP contribution in [0.15, 0.2) is 59.6 Å². The summed E-state index contributed by atoms with van der Waals surface area (Å²) in [4.78, 5) is 30.5. The lowest BCUT2D eigenvalue weighted by Crippen LogP contribution is -2.45. The summed E-state index contributed by atoms with van der Waals surface area (Å²) >= 11 is 1.22. The molecule has 1 fully saturated rings. The Labute approximate surface area is 161 Å². The monoisotopic (exact) mass is 385 g/mol. The molecule has 1 N–H and O–H groups in total. The third-order valence-corrected chi connectivity index (χ3v) is 5.39. The van der Waals surface area contributed by atoms with E-state index in [4.69, 9.17) is 0 Å². The first-order valence-corrected chi connectivity index (χ1v) is 9.50. The van der Waals surface area contributed by atoms with Gasteiger partial charge in [-0.1, -0.05) is 48.2 Å². The van der Waals surface area contributed by atoms with Crippen LogP contribution in [0.1, 0.15) is 12.0 Å². The summed E-state index contributed by atoms with van der Waals surface area (Å²) < 4.78 is 13.4. The number of amidine groups is 1. The first kappa shape index (κ1) is 19.1. The van der Waals surface area contributed by atoms with E-state index in [0.717, 1.165) is 12.0 Å². The van der Waals surface area contributed by atoms with E-state index in [-0.39, 0.29) is 18.2 Å². The summed E-state index contributed by atoms with van der Waals surface area (Å²) in [6.07, 6.45) is 0.836. The summed E-state index contributed by atoms with van der Waals surface area (Å²) in [6.45, 7) is 0.500. The van der Waals surface area contributed by atoms with Crippen molar-refractivity contribution in [2.75, 3.05) is 13.6 Å². The highest BCUT2D eigenvalue weighted by molar-refractivity contribution is 8.15. The fraction of sp³-hybridized carbons (Fsp3) is 0.250. The summed E-state index contributed by atoms with van der Waals surface area (Å²) in [6, 6.07) is 15.7. The molecule has 27 heavy (non-hydrogen) atoms. The van der Waals surface area contributed by atoms with E-state index in [1.807, 2.05) is 30.3 Å². The lowest BCUT2D eigenvalue weighted by Gasteiger charge is -2.28. The Bertz CT molecular complexity index is 857. The minimum atomic E-state index is -0.545. The van der Waals surface area contributed by atoms with Crippen LogP contribution >= 0.6 is 11.8 Å². The van der Waals surface area contributed by atoms with Gasteiger partial charge in [-0.3, -0.25) is 14.5 Å². The van der Waals surface area contributed by atoms with E-state index in [1.165, 1.54) is 28.8 Å². The highest BCUT2D eigenvalue weighted by atomic mass is 32.2. The average Bonchev–Trinajstić information content (AvgIpc) is 2.66. The molecule has 0 aliphatic carbocycles. The number of hydrogen-bond donors (Lipinski definition) is 1.